The zero-order valence-electron chi connectivity index (χ0n) is 34.4. The number of aliphatic carboxylic acids is 1. The monoisotopic (exact) mass is 778 g/mol. The van der Waals surface area contributed by atoms with E-state index in [1.807, 2.05) is 13.8 Å². The molecular weight excluding hydrogens is 711 g/mol. The highest BCUT2D eigenvalue weighted by Crippen LogP contribution is 2.55. The van der Waals surface area contributed by atoms with E-state index in [0.717, 1.165) is 37.7 Å². The van der Waals surface area contributed by atoms with Crippen LogP contribution in [-0.4, -0.2) is 101 Å². The van der Waals surface area contributed by atoms with E-state index >= 15 is 0 Å². The molecule has 0 aliphatic carbocycles. The van der Waals surface area contributed by atoms with Gasteiger partial charge in [-0.1, -0.05) is 53.7 Å². The van der Waals surface area contributed by atoms with Gasteiger partial charge in [-0.3, -0.25) is 4.79 Å². The van der Waals surface area contributed by atoms with Crippen molar-refractivity contribution in [1.29, 1.82) is 0 Å². The number of aliphatic hydroxyl groups is 2. The van der Waals surface area contributed by atoms with Gasteiger partial charge in [-0.15, -0.1) is 0 Å². The van der Waals surface area contributed by atoms with E-state index in [1.54, 1.807) is 26.2 Å². The van der Waals surface area contributed by atoms with Crippen LogP contribution in [0, 0.1) is 41.3 Å². The van der Waals surface area contributed by atoms with Crippen LogP contribution in [0.1, 0.15) is 112 Å². The zero-order valence-corrected chi connectivity index (χ0v) is 34.4. The SMILES string of the molecule is CC[C@@]1([C@@H]2O[C@@H]([C@H]3O[C@@](O)(CO)[C@H](C)C[C@@H]3C)C[C@@H]2C)CC[C@H]([C@]2(C)CC[C@]3(C[C@H](OCc4ccc(F)cc4)[C@@H](C)[C@@H]([C@@H](C)[C@@H](OC)[C@H](C)C(=O)O)O3)O2)O1. The molecule has 0 aromatic heterocycles. The number of aliphatic hydroxyl groups excluding tert-OH is 1. The van der Waals surface area contributed by atoms with Crippen LogP contribution in [0.25, 0.3) is 0 Å². The largest absolute Gasteiger partial charge is 0.481 e. The molecule has 17 atom stereocenters. The number of hydrogen-bond acceptors (Lipinski definition) is 10. The molecule has 55 heavy (non-hydrogen) atoms. The Labute approximate surface area is 326 Å². The lowest BCUT2D eigenvalue weighted by Crippen LogP contribution is -2.57. The standard InChI is InChI=1S/C43H67FO11/c1-10-41(38-25(3)20-32(51-38)35-24(2)19-26(4)43(48,23-45)54-35)16-15-34(52-41)40(8)17-18-42(55-40)21-33(50-22-30-11-13-31(44)14-12-30)27(5)37(53-42)28(6)36(49-9)29(7)39(46)47/h11-14,24-29,32-38,45,48H,10,15-23H2,1-9H3,(H,46,47)/t24-,25-,26+,27+,28-,29-,32+,33-,34+,35-,36+,37-,38+,40-,41-,42+,43-/m0/s1. The Morgan fingerprint density at radius 1 is 1.02 bits per heavy atom. The second-order valence-electron chi connectivity index (χ2n) is 18.2. The maximum atomic E-state index is 13.7. The molecule has 12 heteroatoms. The normalized spacial score (nSPS) is 45.2. The third kappa shape index (κ3) is 8.28. The van der Waals surface area contributed by atoms with E-state index < -0.39 is 53.5 Å². The highest BCUT2D eigenvalue weighted by Gasteiger charge is 2.62. The molecule has 5 aliphatic heterocycles. The lowest BCUT2D eigenvalue weighted by molar-refractivity contribution is -0.340. The molecule has 6 rings (SSSR count). The minimum atomic E-state index is -1.58. The van der Waals surface area contributed by atoms with Crippen LogP contribution in [0.5, 0.6) is 0 Å². The van der Waals surface area contributed by atoms with Crippen LogP contribution < -0.4 is 0 Å². The maximum Gasteiger partial charge on any atom is 0.308 e. The second kappa shape index (κ2) is 16.5. The average Bonchev–Trinajstić information content (AvgIpc) is 3.87. The summed E-state index contributed by atoms with van der Waals surface area (Å²) in [5.74, 6) is -4.81. The first-order chi connectivity index (χ1) is 25.9. The van der Waals surface area contributed by atoms with Crippen LogP contribution in [0.15, 0.2) is 24.3 Å². The van der Waals surface area contributed by atoms with E-state index in [2.05, 4.69) is 34.6 Å². The molecule has 5 saturated heterocycles. The predicted octanol–water partition coefficient (Wildman–Crippen LogP) is 6.64. The summed E-state index contributed by atoms with van der Waals surface area (Å²) in [6.45, 7) is 16.1. The molecule has 0 saturated carbocycles. The van der Waals surface area contributed by atoms with Crippen molar-refractivity contribution in [3.8, 4) is 0 Å². The number of rotatable bonds is 13. The topological polar surface area (TPSA) is 142 Å². The first kappa shape index (κ1) is 42.9. The quantitative estimate of drug-likeness (QED) is 0.199. The van der Waals surface area contributed by atoms with Crippen molar-refractivity contribution in [3.05, 3.63) is 35.6 Å². The molecule has 1 aromatic carbocycles. The zero-order chi connectivity index (χ0) is 40.1. The van der Waals surface area contributed by atoms with Gasteiger partial charge in [-0.2, -0.15) is 0 Å². The van der Waals surface area contributed by atoms with Crippen LogP contribution in [0.2, 0.25) is 0 Å². The molecule has 3 N–H and O–H groups in total. The van der Waals surface area contributed by atoms with Gasteiger partial charge in [0.1, 0.15) is 5.82 Å². The van der Waals surface area contributed by atoms with Gasteiger partial charge in [-0.05, 0) is 81.9 Å². The first-order valence-electron chi connectivity index (χ1n) is 20.8. The Morgan fingerprint density at radius 2 is 1.73 bits per heavy atom. The summed E-state index contributed by atoms with van der Waals surface area (Å²) in [5.41, 5.74) is -0.343. The van der Waals surface area contributed by atoms with Gasteiger partial charge in [0.05, 0.1) is 73.1 Å². The number of halogens is 1. The van der Waals surface area contributed by atoms with Crippen LogP contribution in [-0.2, 0) is 44.6 Å². The molecule has 5 fully saturated rings. The summed E-state index contributed by atoms with van der Waals surface area (Å²) in [7, 11) is 1.54. The van der Waals surface area contributed by atoms with Gasteiger partial charge in [-0.25, -0.2) is 4.39 Å². The molecule has 0 bridgehead atoms. The van der Waals surface area contributed by atoms with Crippen molar-refractivity contribution in [2.24, 2.45) is 35.5 Å². The van der Waals surface area contributed by atoms with Crippen molar-refractivity contribution in [2.45, 2.75) is 179 Å². The molecule has 0 unspecified atom stereocenters. The summed E-state index contributed by atoms with van der Waals surface area (Å²) in [6.07, 6.45) is 3.39. The van der Waals surface area contributed by atoms with Gasteiger partial charge in [0.15, 0.2) is 11.6 Å². The van der Waals surface area contributed by atoms with E-state index in [1.165, 1.54) is 12.1 Å². The summed E-state index contributed by atoms with van der Waals surface area (Å²) >= 11 is 0. The average molecular weight is 779 g/mol. The number of benzene rings is 1. The third-order valence-corrected chi connectivity index (χ3v) is 14.4. The minimum Gasteiger partial charge on any atom is -0.481 e. The first-order valence-corrected chi connectivity index (χ1v) is 20.8. The Hall–Kier alpha value is -1.74. The highest BCUT2D eigenvalue weighted by molar-refractivity contribution is 5.70. The molecule has 11 nitrogen and oxygen atoms in total. The van der Waals surface area contributed by atoms with E-state index in [-0.39, 0.29) is 72.5 Å². The molecule has 5 aliphatic rings. The van der Waals surface area contributed by atoms with Crippen LogP contribution in [0.4, 0.5) is 4.39 Å². The number of carbonyl (C=O) groups is 1. The Bertz CT molecular complexity index is 1460. The Balaban J connectivity index is 1.19. The van der Waals surface area contributed by atoms with Crippen molar-refractivity contribution >= 4 is 5.97 Å². The number of carboxylic acid groups (broad SMARTS) is 1. The van der Waals surface area contributed by atoms with Crippen molar-refractivity contribution < 1.29 is 57.7 Å². The van der Waals surface area contributed by atoms with E-state index in [9.17, 15) is 24.5 Å². The fraction of sp³-hybridized carbons (Fsp3) is 0.837. The van der Waals surface area contributed by atoms with Gasteiger partial charge >= 0.3 is 5.97 Å². The fourth-order valence-corrected chi connectivity index (χ4v) is 10.9. The molecule has 0 radical (unpaired) electrons. The number of methoxy groups -OCH3 is 1. The van der Waals surface area contributed by atoms with Gasteiger partial charge in [0.25, 0.3) is 0 Å². The van der Waals surface area contributed by atoms with Crippen molar-refractivity contribution in [3.63, 3.8) is 0 Å². The minimum absolute atomic E-state index is 0.118. The summed E-state index contributed by atoms with van der Waals surface area (Å²) < 4.78 is 60.6. The predicted molar refractivity (Wildman–Crippen MR) is 201 cm³/mol. The lowest BCUT2D eigenvalue weighted by atomic mass is 9.78. The van der Waals surface area contributed by atoms with Gasteiger partial charge in [0, 0.05) is 37.7 Å². The van der Waals surface area contributed by atoms with E-state index in [4.69, 9.17) is 33.2 Å². The molecule has 312 valence electrons. The highest BCUT2D eigenvalue weighted by atomic mass is 19.1. The van der Waals surface area contributed by atoms with Gasteiger partial charge in [0.2, 0.25) is 0 Å². The van der Waals surface area contributed by atoms with Crippen molar-refractivity contribution in [2.75, 3.05) is 13.7 Å². The molecular formula is C43H67FO11. The smallest absolute Gasteiger partial charge is 0.308 e. The molecule has 5 heterocycles. The van der Waals surface area contributed by atoms with Crippen LogP contribution in [0.3, 0.4) is 0 Å². The lowest BCUT2D eigenvalue weighted by Gasteiger charge is -2.50. The van der Waals surface area contributed by atoms with Crippen LogP contribution >= 0.6 is 0 Å². The Kier molecular flexibility index (Phi) is 12.8. The Morgan fingerprint density at radius 3 is 2.36 bits per heavy atom. The molecule has 0 amide bonds. The molecule has 1 spiro atoms. The van der Waals surface area contributed by atoms with Crippen molar-refractivity contribution in [1.82, 2.24) is 0 Å². The third-order valence-electron chi connectivity index (χ3n) is 14.4. The summed E-state index contributed by atoms with van der Waals surface area (Å²) in [5, 5.41) is 31.0. The molecule has 1 aromatic rings. The van der Waals surface area contributed by atoms with Gasteiger partial charge < -0.3 is 48.5 Å². The number of carboxylic acids is 1. The van der Waals surface area contributed by atoms with E-state index in [0.29, 0.717) is 19.3 Å². The maximum absolute atomic E-state index is 13.7. The summed E-state index contributed by atoms with van der Waals surface area (Å²) in [6, 6.07) is 6.30. The number of hydrogen-bond donors (Lipinski definition) is 3. The number of ether oxygens (including phenoxy) is 7. The fourth-order valence-electron chi connectivity index (χ4n) is 10.9. The summed E-state index contributed by atoms with van der Waals surface area (Å²) in [4.78, 5) is 12.1. The second-order valence-corrected chi connectivity index (χ2v) is 18.2.